The minimum Gasteiger partial charge on any atom is -0.392 e. The van der Waals surface area contributed by atoms with Crippen molar-refractivity contribution in [3.05, 3.63) is 42.4 Å². The van der Waals surface area contributed by atoms with Gasteiger partial charge in [-0.05, 0) is 31.0 Å². The number of hydrogen-bond donors (Lipinski definition) is 2. The fraction of sp³-hybridized carbons (Fsp3) is 0.250. The lowest BCUT2D eigenvalue weighted by Crippen LogP contribution is -2.00. The topological polar surface area (TPSA) is 77.0 Å². The molecule has 0 radical (unpaired) electrons. The largest absolute Gasteiger partial charge is 0.392 e. The molecule has 3 aromatic rings. The molecular formula is C16H18N4O. The molecule has 0 unspecified atom stereocenters. The van der Waals surface area contributed by atoms with E-state index in [9.17, 15) is 5.11 Å². The van der Waals surface area contributed by atoms with Crippen molar-refractivity contribution in [3.8, 4) is 11.1 Å². The number of fused-ring (bicyclic) bond motifs is 1. The summed E-state index contributed by atoms with van der Waals surface area (Å²) in [6.07, 6.45) is 3.54. The van der Waals surface area contributed by atoms with Crippen LogP contribution in [0.5, 0.6) is 0 Å². The molecule has 0 aliphatic carbocycles. The first-order valence-electron chi connectivity index (χ1n) is 6.93. The third kappa shape index (κ3) is 2.25. The summed E-state index contributed by atoms with van der Waals surface area (Å²) in [7, 11) is 0. The Kier molecular flexibility index (Phi) is 3.35. The van der Waals surface area contributed by atoms with Crippen molar-refractivity contribution in [3.63, 3.8) is 0 Å². The van der Waals surface area contributed by atoms with Gasteiger partial charge in [-0.2, -0.15) is 0 Å². The monoisotopic (exact) mass is 282 g/mol. The van der Waals surface area contributed by atoms with Crippen molar-refractivity contribution in [2.75, 3.05) is 5.73 Å². The first-order valence-corrected chi connectivity index (χ1v) is 6.93. The highest BCUT2D eigenvalue weighted by molar-refractivity contribution is 6.00. The number of nitrogen functional groups attached to an aromatic ring is 1. The Morgan fingerprint density at radius 1 is 1.29 bits per heavy atom. The predicted octanol–water partition coefficient (Wildman–Crippen LogP) is 2.75. The lowest BCUT2D eigenvalue weighted by molar-refractivity contribution is 0.282. The maximum atomic E-state index is 9.32. The van der Waals surface area contributed by atoms with Crippen LogP contribution in [0, 0.1) is 0 Å². The van der Waals surface area contributed by atoms with Gasteiger partial charge in [0.15, 0.2) is 0 Å². The van der Waals surface area contributed by atoms with Gasteiger partial charge in [0.1, 0.15) is 17.8 Å². The van der Waals surface area contributed by atoms with E-state index in [4.69, 9.17) is 5.73 Å². The molecule has 3 rings (SSSR count). The minimum absolute atomic E-state index is 0.0165. The van der Waals surface area contributed by atoms with Gasteiger partial charge < -0.3 is 15.4 Å². The highest BCUT2D eigenvalue weighted by Gasteiger charge is 2.16. The van der Waals surface area contributed by atoms with Crippen LogP contribution in [-0.4, -0.2) is 19.6 Å². The van der Waals surface area contributed by atoms with Crippen molar-refractivity contribution in [1.82, 2.24) is 14.5 Å². The lowest BCUT2D eigenvalue weighted by Gasteiger charge is -2.07. The molecule has 0 spiro atoms. The molecule has 2 heterocycles. The molecule has 5 heteroatoms. The van der Waals surface area contributed by atoms with E-state index < -0.39 is 0 Å². The molecule has 5 nitrogen and oxygen atoms in total. The molecule has 0 amide bonds. The van der Waals surface area contributed by atoms with Crippen LogP contribution >= 0.6 is 0 Å². The van der Waals surface area contributed by atoms with Crippen molar-refractivity contribution < 1.29 is 5.11 Å². The molecule has 21 heavy (non-hydrogen) atoms. The third-order valence-electron chi connectivity index (χ3n) is 3.62. The second-order valence-electron chi connectivity index (χ2n) is 5.36. The highest BCUT2D eigenvalue weighted by Crippen LogP contribution is 2.34. The SMILES string of the molecule is CC(C)n1cc(-c2cccc(CO)c2)c2c(N)ncnc21. The molecule has 0 bridgehead atoms. The van der Waals surface area contributed by atoms with Gasteiger partial charge in [-0.15, -0.1) is 0 Å². The highest BCUT2D eigenvalue weighted by atomic mass is 16.3. The van der Waals surface area contributed by atoms with E-state index >= 15 is 0 Å². The van der Waals surface area contributed by atoms with E-state index in [0.717, 1.165) is 27.7 Å². The average molecular weight is 282 g/mol. The number of aromatic nitrogens is 3. The summed E-state index contributed by atoms with van der Waals surface area (Å²) in [4.78, 5) is 8.49. The number of benzene rings is 1. The van der Waals surface area contributed by atoms with Gasteiger partial charge in [0.25, 0.3) is 0 Å². The van der Waals surface area contributed by atoms with E-state index in [0.29, 0.717) is 5.82 Å². The van der Waals surface area contributed by atoms with Gasteiger partial charge in [0, 0.05) is 17.8 Å². The fourth-order valence-corrected chi connectivity index (χ4v) is 2.56. The molecule has 0 aliphatic heterocycles. The van der Waals surface area contributed by atoms with Crippen molar-refractivity contribution >= 4 is 16.9 Å². The van der Waals surface area contributed by atoms with Crippen LogP contribution in [0.1, 0.15) is 25.5 Å². The van der Waals surface area contributed by atoms with Crippen LogP contribution < -0.4 is 5.73 Å². The number of nitrogens with zero attached hydrogens (tertiary/aromatic N) is 3. The second-order valence-corrected chi connectivity index (χ2v) is 5.36. The molecule has 0 atom stereocenters. The summed E-state index contributed by atoms with van der Waals surface area (Å²) < 4.78 is 2.09. The Hall–Kier alpha value is -2.40. The number of aliphatic hydroxyl groups excluding tert-OH is 1. The molecular weight excluding hydrogens is 264 g/mol. The third-order valence-corrected chi connectivity index (χ3v) is 3.62. The first-order chi connectivity index (χ1) is 10.1. The number of aliphatic hydroxyl groups is 1. The minimum atomic E-state index is 0.0165. The molecule has 0 saturated heterocycles. The molecule has 0 fully saturated rings. The van der Waals surface area contributed by atoms with E-state index in [1.807, 2.05) is 24.3 Å². The van der Waals surface area contributed by atoms with Crippen LogP contribution in [0.15, 0.2) is 36.8 Å². The van der Waals surface area contributed by atoms with Gasteiger partial charge in [-0.25, -0.2) is 9.97 Å². The maximum Gasteiger partial charge on any atom is 0.146 e. The Bertz CT molecular complexity index is 792. The number of nitrogens with two attached hydrogens (primary N) is 1. The zero-order chi connectivity index (χ0) is 15.0. The number of anilines is 1. The van der Waals surface area contributed by atoms with E-state index in [1.165, 1.54) is 6.33 Å². The van der Waals surface area contributed by atoms with Crippen LogP contribution in [-0.2, 0) is 6.61 Å². The molecule has 108 valence electrons. The van der Waals surface area contributed by atoms with Gasteiger partial charge in [-0.1, -0.05) is 18.2 Å². The van der Waals surface area contributed by atoms with E-state index in [2.05, 4.69) is 34.6 Å². The maximum absolute atomic E-state index is 9.32. The van der Waals surface area contributed by atoms with Crippen molar-refractivity contribution in [1.29, 1.82) is 0 Å². The van der Waals surface area contributed by atoms with Crippen LogP contribution in [0.4, 0.5) is 5.82 Å². The van der Waals surface area contributed by atoms with Gasteiger partial charge >= 0.3 is 0 Å². The summed E-state index contributed by atoms with van der Waals surface area (Å²) in [6, 6.07) is 8.07. The Labute approximate surface area is 123 Å². The summed E-state index contributed by atoms with van der Waals surface area (Å²) >= 11 is 0. The Morgan fingerprint density at radius 3 is 2.81 bits per heavy atom. The summed E-state index contributed by atoms with van der Waals surface area (Å²) in [5, 5.41) is 10.2. The zero-order valence-electron chi connectivity index (χ0n) is 12.1. The Morgan fingerprint density at radius 2 is 2.10 bits per heavy atom. The molecule has 0 saturated carbocycles. The average Bonchev–Trinajstić information content (AvgIpc) is 2.88. The molecule has 3 N–H and O–H groups in total. The van der Waals surface area contributed by atoms with E-state index in [1.54, 1.807) is 0 Å². The molecule has 1 aromatic carbocycles. The summed E-state index contributed by atoms with van der Waals surface area (Å²) in [5.74, 6) is 0.476. The lowest BCUT2D eigenvalue weighted by atomic mass is 10.0. The van der Waals surface area contributed by atoms with Crippen LogP contribution in [0.25, 0.3) is 22.2 Å². The van der Waals surface area contributed by atoms with Crippen LogP contribution in [0.3, 0.4) is 0 Å². The van der Waals surface area contributed by atoms with Gasteiger partial charge in [-0.3, -0.25) is 0 Å². The van der Waals surface area contributed by atoms with Crippen molar-refractivity contribution in [2.24, 2.45) is 0 Å². The quantitative estimate of drug-likeness (QED) is 0.774. The standard InChI is InChI=1S/C16H18N4O/c1-10(2)20-7-13(12-5-3-4-11(6-12)8-21)14-15(17)18-9-19-16(14)20/h3-7,9-10,21H,8H2,1-2H3,(H2,17,18,19). The summed E-state index contributed by atoms with van der Waals surface area (Å²) in [6.45, 7) is 4.22. The first kappa shape index (κ1) is 13.6. The predicted molar refractivity (Wildman–Crippen MR) is 83.7 cm³/mol. The van der Waals surface area contributed by atoms with E-state index in [-0.39, 0.29) is 12.6 Å². The second kappa shape index (κ2) is 5.18. The van der Waals surface area contributed by atoms with Crippen molar-refractivity contribution in [2.45, 2.75) is 26.5 Å². The van der Waals surface area contributed by atoms with Gasteiger partial charge in [0.05, 0.1) is 12.0 Å². The Balaban J connectivity index is 2.31. The van der Waals surface area contributed by atoms with Crippen LogP contribution in [0.2, 0.25) is 0 Å². The number of hydrogen-bond acceptors (Lipinski definition) is 4. The number of rotatable bonds is 3. The normalized spacial score (nSPS) is 11.4. The van der Waals surface area contributed by atoms with Gasteiger partial charge in [0.2, 0.25) is 0 Å². The fourth-order valence-electron chi connectivity index (χ4n) is 2.56. The summed E-state index contributed by atoms with van der Waals surface area (Å²) in [5.41, 5.74) is 9.77. The smallest absolute Gasteiger partial charge is 0.146 e. The zero-order valence-corrected chi connectivity index (χ0v) is 12.1. The molecule has 0 aliphatic rings. The molecule has 2 aromatic heterocycles.